The van der Waals surface area contributed by atoms with Crippen LogP contribution in [-0.2, 0) is 6.42 Å². The zero-order valence-corrected chi connectivity index (χ0v) is 47.9. The monoisotopic (exact) mass is 1110 g/mol. The van der Waals surface area contributed by atoms with Gasteiger partial charge in [0.05, 0.1) is 20.8 Å². The largest absolute Gasteiger partial charge is 0.309 e. The van der Waals surface area contributed by atoms with Crippen LogP contribution in [0.1, 0.15) is 11.1 Å². The molecule has 12 aromatic rings. The van der Waals surface area contributed by atoms with Crippen molar-refractivity contribution in [1.82, 2.24) is 0 Å². The molecule has 0 saturated carbocycles. The highest BCUT2D eigenvalue weighted by Gasteiger charge is 2.44. The van der Waals surface area contributed by atoms with Gasteiger partial charge < -0.3 is 4.90 Å². The standard InChI is InChI=1S/C36H28ClNSi.C24H18Cl2Si.C13H12/c37-36-34(38(29-17-6-1-7-18-29)30-19-8-2-9-20-30)27-16-28-35(36)39(31-21-10-3-11-22-31,32-23-12-4-13-24-32)33-25-14-5-15-26-33;25-22-17-10-18-23(24(22)26)27(19-11-4-1-5-12-19,20-13-6-2-7-14-20)21-15-8-3-9-16-21;1-3-7-12(8-4-1)11-13-9-5-2-6-10-13/h1-28H;1-18H;1-10H,11H2. The third-order valence-electron chi connectivity index (χ3n) is 14.3. The molecule has 0 fully saturated rings. The Bertz CT molecular complexity index is 3480. The van der Waals surface area contributed by atoms with E-state index in [2.05, 4.69) is 320 Å². The molecule has 0 N–H and O–H groups in total. The van der Waals surface area contributed by atoms with Gasteiger partial charge in [0.15, 0.2) is 16.1 Å². The van der Waals surface area contributed by atoms with Gasteiger partial charge in [-0.15, -0.1) is 0 Å². The predicted octanol–water partition coefficient (Wildman–Crippen LogP) is 14.8. The summed E-state index contributed by atoms with van der Waals surface area (Å²) in [7, 11) is -5.37. The maximum Gasteiger partial charge on any atom is 0.181 e. The average Bonchev–Trinajstić information content (AvgIpc) is 3.61. The molecule has 6 heteroatoms. The molecule has 0 atom stereocenters. The van der Waals surface area contributed by atoms with Crippen molar-refractivity contribution in [3.8, 4) is 0 Å². The van der Waals surface area contributed by atoms with Crippen molar-refractivity contribution in [3.05, 3.63) is 366 Å². The predicted molar refractivity (Wildman–Crippen MR) is 346 cm³/mol. The van der Waals surface area contributed by atoms with E-state index in [1.807, 2.05) is 24.3 Å². The van der Waals surface area contributed by atoms with Gasteiger partial charge in [0, 0.05) is 11.4 Å². The van der Waals surface area contributed by atoms with Crippen LogP contribution in [0.4, 0.5) is 17.1 Å². The number of hydrogen-bond acceptors (Lipinski definition) is 1. The Kier molecular flexibility index (Phi) is 18.1. The van der Waals surface area contributed by atoms with Crippen LogP contribution in [0.5, 0.6) is 0 Å². The molecule has 0 aliphatic rings. The Morgan fingerprint density at radius 1 is 0.241 bits per heavy atom. The van der Waals surface area contributed by atoms with E-state index in [1.165, 1.54) is 47.4 Å². The van der Waals surface area contributed by atoms with Crippen molar-refractivity contribution in [2.45, 2.75) is 6.42 Å². The fourth-order valence-corrected chi connectivity index (χ4v) is 21.9. The van der Waals surface area contributed by atoms with Crippen LogP contribution in [0.2, 0.25) is 15.1 Å². The molecule has 0 saturated heterocycles. The van der Waals surface area contributed by atoms with Gasteiger partial charge >= 0.3 is 0 Å². The molecule has 0 radical (unpaired) electrons. The van der Waals surface area contributed by atoms with Gasteiger partial charge in [-0.3, -0.25) is 0 Å². The first kappa shape index (κ1) is 54.1. The van der Waals surface area contributed by atoms with Gasteiger partial charge in [-0.2, -0.15) is 0 Å². The van der Waals surface area contributed by atoms with Gasteiger partial charge in [0.2, 0.25) is 0 Å². The van der Waals surface area contributed by atoms with Crippen molar-refractivity contribution in [1.29, 1.82) is 0 Å². The zero-order chi connectivity index (χ0) is 54.1. The highest BCUT2D eigenvalue weighted by atomic mass is 35.5. The number of anilines is 3. The topological polar surface area (TPSA) is 3.24 Å². The summed E-state index contributed by atoms with van der Waals surface area (Å²) in [6.45, 7) is 0. The van der Waals surface area contributed by atoms with Crippen LogP contribution < -0.4 is 46.4 Å². The van der Waals surface area contributed by atoms with Gasteiger partial charge in [0.25, 0.3) is 0 Å². The highest BCUT2D eigenvalue weighted by molar-refractivity contribution is 7.21. The minimum absolute atomic E-state index is 0.592. The maximum atomic E-state index is 7.63. The van der Waals surface area contributed by atoms with Gasteiger partial charge in [-0.1, -0.05) is 338 Å². The lowest BCUT2D eigenvalue weighted by Crippen LogP contribution is -2.75. The molecule has 0 bridgehead atoms. The van der Waals surface area contributed by atoms with Crippen LogP contribution in [0.15, 0.2) is 340 Å². The minimum atomic E-state index is -2.78. The molecule has 0 unspecified atom stereocenters. The Morgan fingerprint density at radius 2 is 0.494 bits per heavy atom. The third-order valence-corrected chi connectivity index (χ3v) is 25.5. The van der Waals surface area contributed by atoms with E-state index >= 15 is 0 Å². The molecular formula is C73H58Cl3NSi2. The van der Waals surface area contributed by atoms with Gasteiger partial charge in [-0.25, -0.2) is 0 Å². The number of benzene rings is 12. The Balaban J connectivity index is 0.000000151. The number of hydrogen-bond donors (Lipinski definition) is 0. The lowest BCUT2D eigenvalue weighted by molar-refractivity contribution is 1.19. The number of para-hydroxylation sites is 2. The second-order valence-corrected chi connectivity index (χ2v) is 27.8. The summed E-state index contributed by atoms with van der Waals surface area (Å²) >= 11 is 20.9. The molecule has 0 amide bonds. The molecule has 1 nitrogen and oxygen atoms in total. The molecular weight excluding hydrogens is 1050 g/mol. The van der Waals surface area contributed by atoms with E-state index in [9.17, 15) is 0 Å². The quantitative estimate of drug-likeness (QED) is 0.0821. The van der Waals surface area contributed by atoms with Crippen LogP contribution in [-0.4, -0.2) is 16.1 Å². The molecule has 0 aromatic heterocycles. The van der Waals surface area contributed by atoms with Crippen molar-refractivity contribution in [3.63, 3.8) is 0 Å². The highest BCUT2D eigenvalue weighted by Crippen LogP contribution is 2.38. The molecule has 384 valence electrons. The fraction of sp³-hybridized carbons (Fsp3) is 0.0137. The Labute approximate surface area is 483 Å². The summed E-state index contributed by atoms with van der Waals surface area (Å²) in [5.74, 6) is 0. The lowest BCUT2D eigenvalue weighted by Gasteiger charge is -2.36. The molecule has 0 aliphatic carbocycles. The SMILES string of the molecule is Clc1c(N(c2ccccc2)c2ccccc2)cccc1[Si](c1ccccc1)(c1ccccc1)c1ccccc1.Clc1cccc([Si](c2ccccc2)(c2ccccc2)c2ccccc2)c1Cl.c1ccc(Cc2ccccc2)cc1. The first-order valence-electron chi connectivity index (χ1n) is 26.5. The van der Waals surface area contributed by atoms with Crippen molar-refractivity contribution in [2.24, 2.45) is 0 Å². The minimum Gasteiger partial charge on any atom is -0.309 e. The van der Waals surface area contributed by atoms with Crippen molar-refractivity contribution < 1.29 is 0 Å². The van der Waals surface area contributed by atoms with Crippen LogP contribution in [0.3, 0.4) is 0 Å². The van der Waals surface area contributed by atoms with E-state index in [0.29, 0.717) is 10.0 Å². The van der Waals surface area contributed by atoms with Crippen molar-refractivity contribution in [2.75, 3.05) is 4.90 Å². The van der Waals surface area contributed by atoms with E-state index in [1.54, 1.807) is 0 Å². The van der Waals surface area contributed by atoms with E-state index < -0.39 is 16.1 Å². The Hall–Kier alpha value is -8.26. The van der Waals surface area contributed by atoms with Crippen molar-refractivity contribution >= 4 is 110 Å². The number of rotatable bonds is 13. The average molecular weight is 1110 g/mol. The van der Waals surface area contributed by atoms with E-state index in [4.69, 9.17) is 34.8 Å². The molecule has 0 aliphatic heterocycles. The summed E-state index contributed by atoms with van der Waals surface area (Å²) < 4.78 is 0. The smallest absolute Gasteiger partial charge is 0.181 e. The van der Waals surface area contributed by atoms with Crippen LogP contribution in [0, 0.1) is 0 Å². The first-order chi connectivity index (χ1) is 39.0. The molecule has 12 rings (SSSR count). The first-order valence-corrected chi connectivity index (χ1v) is 31.7. The van der Waals surface area contributed by atoms with Crippen LogP contribution >= 0.6 is 34.8 Å². The summed E-state index contributed by atoms with van der Waals surface area (Å²) in [5.41, 5.74) is 5.83. The maximum absolute atomic E-state index is 7.63. The summed E-state index contributed by atoms with van der Waals surface area (Å²) in [4.78, 5) is 2.26. The zero-order valence-electron chi connectivity index (χ0n) is 43.6. The summed E-state index contributed by atoms with van der Waals surface area (Å²) in [6.07, 6.45) is 1.03. The normalized spacial score (nSPS) is 11.0. The second kappa shape index (κ2) is 26.4. The number of nitrogens with zero attached hydrogens (tertiary/aromatic N) is 1. The number of halogens is 3. The molecule has 79 heavy (non-hydrogen) atoms. The molecule has 0 heterocycles. The lowest BCUT2D eigenvalue weighted by atomic mass is 10.1. The summed E-state index contributed by atoms with van der Waals surface area (Å²) in [5, 5.41) is 12.0. The third kappa shape index (κ3) is 11.9. The van der Waals surface area contributed by atoms with Crippen LogP contribution in [0.25, 0.3) is 0 Å². The molecule has 0 spiro atoms. The van der Waals surface area contributed by atoms with Gasteiger partial charge in [-0.05, 0) is 95.4 Å². The van der Waals surface area contributed by atoms with Gasteiger partial charge in [0.1, 0.15) is 0 Å². The fourth-order valence-electron chi connectivity index (χ4n) is 10.8. The second-order valence-electron chi connectivity index (χ2n) is 19.1. The summed E-state index contributed by atoms with van der Waals surface area (Å²) in [6, 6.07) is 119. The van der Waals surface area contributed by atoms with E-state index in [0.717, 1.165) is 33.7 Å². The molecule has 12 aromatic carbocycles. The Morgan fingerprint density at radius 3 is 0.797 bits per heavy atom. The van der Waals surface area contributed by atoms with E-state index in [-0.39, 0.29) is 0 Å².